The molecule has 0 aliphatic heterocycles. The van der Waals surface area contributed by atoms with E-state index in [4.69, 9.17) is 0 Å². The van der Waals surface area contributed by atoms with E-state index < -0.39 is 9.84 Å². The highest BCUT2D eigenvalue weighted by molar-refractivity contribution is 14.0. The molecular formula is C20H31FIN3O2S. The zero-order chi connectivity index (χ0) is 19.4. The van der Waals surface area contributed by atoms with E-state index >= 15 is 0 Å². The molecule has 5 nitrogen and oxygen atoms in total. The largest absolute Gasteiger partial charge is 0.353 e. The summed E-state index contributed by atoms with van der Waals surface area (Å²) in [7, 11) is -1.46. The summed E-state index contributed by atoms with van der Waals surface area (Å²) in [5.41, 5.74) is 1.26. The summed E-state index contributed by atoms with van der Waals surface area (Å²) in [5.74, 6) is 1.79. The Labute approximate surface area is 184 Å². The average molecular weight is 523 g/mol. The quantitative estimate of drug-likeness (QED) is 0.340. The van der Waals surface area contributed by atoms with Gasteiger partial charge in [-0.05, 0) is 41.5 Å². The predicted molar refractivity (Wildman–Crippen MR) is 122 cm³/mol. The summed E-state index contributed by atoms with van der Waals surface area (Å²) >= 11 is 0. The number of guanidine groups is 1. The number of sulfone groups is 1. The second-order valence-electron chi connectivity index (χ2n) is 7.96. The van der Waals surface area contributed by atoms with Gasteiger partial charge in [-0.25, -0.2) is 12.8 Å². The van der Waals surface area contributed by atoms with Crippen LogP contribution in [-0.4, -0.2) is 33.7 Å². The number of hydrogen-bond acceptors (Lipinski definition) is 3. The van der Waals surface area contributed by atoms with Gasteiger partial charge in [-0.2, -0.15) is 0 Å². The SMILES string of the molecule is CN=C(NCc1cc(F)ccc1CS(C)(=O)=O)NC1CC1C1CCCCC1.I. The molecule has 0 spiro atoms. The van der Waals surface area contributed by atoms with E-state index in [1.54, 1.807) is 13.1 Å². The normalized spacial score (nSPS) is 23.0. The van der Waals surface area contributed by atoms with Gasteiger partial charge < -0.3 is 10.6 Å². The van der Waals surface area contributed by atoms with Crippen molar-refractivity contribution in [2.24, 2.45) is 16.8 Å². The number of rotatable bonds is 6. The number of hydrogen-bond donors (Lipinski definition) is 2. The van der Waals surface area contributed by atoms with Crippen molar-refractivity contribution >= 4 is 39.8 Å². The first-order valence-electron chi connectivity index (χ1n) is 9.78. The maximum absolute atomic E-state index is 13.6. The van der Waals surface area contributed by atoms with Crippen LogP contribution in [0, 0.1) is 17.7 Å². The Morgan fingerprint density at radius 2 is 1.93 bits per heavy atom. The molecule has 0 saturated heterocycles. The topological polar surface area (TPSA) is 70.6 Å². The lowest BCUT2D eigenvalue weighted by Gasteiger charge is -2.22. The van der Waals surface area contributed by atoms with Crippen LogP contribution in [0.2, 0.25) is 0 Å². The first kappa shape index (κ1) is 23.4. The van der Waals surface area contributed by atoms with E-state index in [2.05, 4.69) is 15.6 Å². The van der Waals surface area contributed by atoms with Crippen molar-refractivity contribution in [1.29, 1.82) is 0 Å². The van der Waals surface area contributed by atoms with Crippen molar-refractivity contribution in [3.8, 4) is 0 Å². The predicted octanol–water partition coefficient (Wildman–Crippen LogP) is 3.62. The summed E-state index contributed by atoms with van der Waals surface area (Å²) < 4.78 is 36.9. The average Bonchev–Trinajstić information content (AvgIpc) is 3.39. The van der Waals surface area contributed by atoms with Crippen LogP contribution < -0.4 is 10.6 Å². The molecule has 1 aromatic carbocycles. The van der Waals surface area contributed by atoms with Crippen molar-refractivity contribution in [1.82, 2.24) is 10.6 Å². The molecule has 0 radical (unpaired) electrons. The van der Waals surface area contributed by atoms with E-state index in [9.17, 15) is 12.8 Å². The van der Waals surface area contributed by atoms with Crippen LogP contribution in [0.1, 0.15) is 49.7 Å². The molecule has 8 heteroatoms. The van der Waals surface area contributed by atoms with Gasteiger partial charge in [0.1, 0.15) is 5.82 Å². The molecule has 2 N–H and O–H groups in total. The fourth-order valence-corrected chi connectivity index (χ4v) is 5.04. The molecular weight excluding hydrogens is 492 g/mol. The van der Waals surface area contributed by atoms with Crippen LogP contribution in [0.15, 0.2) is 23.2 Å². The molecule has 158 valence electrons. The van der Waals surface area contributed by atoms with E-state index in [1.165, 1.54) is 56.9 Å². The van der Waals surface area contributed by atoms with Crippen LogP contribution in [0.3, 0.4) is 0 Å². The second-order valence-corrected chi connectivity index (χ2v) is 10.1. The Morgan fingerprint density at radius 3 is 2.57 bits per heavy atom. The maximum Gasteiger partial charge on any atom is 0.191 e. The summed E-state index contributed by atoms with van der Waals surface area (Å²) in [6.07, 6.45) is 9.12. The molecule has 2 aliphatic carbocycles. The van der Waals surface area contributed by atoms with Crippen molar-refractivity contribution in [3.05, 3.63) is 35.1 Å². The molecule has 2 atom stereocenters. The third-order valence-electron chi connectivity index (χ3n) is 5.67. The highest BCUT2D eigenvalue weighted by Gasteiger charge is 2.43. The summed E-state index contributed by atoms with van der Waals surface area (Å²) in [4.78, 5) is 4.27. The van der Waals surface area contributed by atoms with Gasteiger partial charge in [0, 0.05) is 25.9 Å². The zero-order valence-electron chi connectivity index (χ0n) is 16.6. The van der Waals surface area contributed by atoms with Gasteiger partial charge in [0.05, 0.1) is 5.75 Å². The smallest absolute Gasteiger partial charge is 0.191 e. The Bertz CT molecular complexity index is 795. The molecule has 28 heavy (non-hydrogen) atoms. The van der Waals surface area contributed by atoms with Crippen LogP contribution in [0.25, 0.3) is 0 Å². The zero-order valence-corrected chi connectivity index (χ0v) is 19.7. The molecule has 0 aromatic heterocycles. The first-order valence-corrected chi connectivity index (χ1v) is 11.8. The molecule has 2 saturated carbocycles. The number of aliphatic imine (C=N–C) groups is 1. The first-order chi connectivity index (χ1) is 12.9. The van der Waals surface area contributed by atoms with Crippen LogP contribution in [0.5, 0.6) is 0 Å². The number of halogens is 2. The fraction of sp³-hybridized carbons (Fsp3) is 0.650. The second kappa shape index (κ2) is 10.2. The van der Waals surface area contributed by atoms with E-state index in [-0.39, 0.29) is 35.5 Å². The lowest BCUT2D eigenvalue weighted by atomic mass is 9.85. The number of nitrogens with one attached hydrogen (secondary N) is 2. The van der Waals surface area contributed by atoms with Gasteiger partial charge in [-0.1, -0.05) is 38.2 Å². The molecule has 2 aliphatic rings. The molecule has 3 rings (SSSR count). The van der Waals surface area contributed by atoms with E-state index in [1.807, 2.05) is 0 Å². The van der Waals surface area contributed by atoms with Crippen LogP contribution >= 0.6 is 24.0 Å². The number of nitrogens with zero attached hydrogens (tertiary/aromatic N) is 1. The molecule has 2 fully saturated rings. The van der Waals surface area contributed by atoms with Crippen molar-refractivity contribution in [3.63, 3.8) is 0 Å². The Hall–Kier alpha value is -0.900. The fourth-order valence-electron chi connectivity index (χ4n) is 4.20. The minimum Gasteiger partial charge on any atom is -0.353 e. The molecule has 0 amide bonds. The van der Waals surface area contributed by atoms with Gasteiger partial charge in [0.15, 0.2) is 15.8 Å². The van der Waals surface area contributed by atoms with Gasteiger partial charge in [0.2, 0.25) is 0 Å². The highest BCUT2D eigenvalue weighted by Crippen LogP contribution is 2.44. The maximum atomic E-state index is 13.6. The minimum absolute atomic E-state index is 0. The summed E-state index contributed by atoms with van der Waals surface area (Å²) in [6, 6.07) is 4.70. The molecule has 0 bridgehead atoms. The summed E-state index contributed by atoms with van der Waals surface area (Å²) in [6.45, 7) is 0.336. The van der Waals surface area contributed by atoms with Gasteiger partial charge in [-0.15, -0.1) is 24.0 Å². The van der Waals surface area contributed by atoms with Gasteiger partial charge >= 0.3 is 0 Å². The highest BCUT2D eigenvalue weighted by atomic mass is 127. The molecule has 0 heterocycles. The van der Waals surface area contributed by atoms with Gasteiger partial charge in [-0.3, -0.25) is 4.99 Å². The lowest BCUT2D eigenvalue weighted by molar-refractivity contribution is 0.315. The van der Waals surface area contributed by atoms with E-state index in [0.29, 0.717) is 29.7 Å². The minimum atomic E-state index is -3.18. The Balaban J connectivity index is 0.00000280. The Kier molecular flexibility index (Phi) is 8.54. The molecule has 1 aromatic rings. The summed E-state index contributed by atoms with van der Waals surface area (Å²) in [5, 5.41) is 6.68. The standard InChI is InChI=1S/C20H30FN3O2S.HI/c1-22-20(24-19-11-18(19)14-6-4-3-5-7-14)23-12-16-10-17(21)9-8-15(16)13-27(2,25)26;/h8-10,14,18-19H,3-7,11-13H2,1-2H3,(H2,22,23,24);1H. The van der Waals surface area contributed by atoms with Crippen molar-refractivity contribution < 1.29 is 12.8 Å². The van der Waals surface area contributed by atoms with E-state index in [0.717, 1.165) is 11.8 Å². The van der Waals surface area contributed by atoms with Crippen LogP contribution in [0.4, 0.5) is 4.39 Å². The van der Waals surface area contributed by atoms with Crippen molar-refractivity contribution in [2.75, 3.05) is 13.3 Å². The Morgan fingerprint density at radius 1 is 1.21 bits per heavy atom. The number of benzene rings is 1. The monoisotopic (exact) mass is 523 g/mol. The van der Waals surface area contributed by atoms with Crippen molar-refractivity contribution in [2.45, 2.75) is 56.9 Å². The molecule has 2 unspecified atom stereocenters. The van der Waals surface area contributed by atoms with Gasteiger partial charge in [0.25, 0.3) is 0 Å². The van der Waals surface area contributed by atoms with Crippen LogP contribution in [-0.2, 0) is 22.1 Å². The third-order valence-corrected chi connectivity index (χ3v) is 6.51. The lowest BCUT2D eigenvalue weighted by Crippen LogP contribution is -2.39. The third kappa shape index (κ3) is 6.86.